The monoisotopic (exact) mass is 246 g/mol. The fraction of sp³-hybridized carbons (Fsp3) is 0.455. The van der Waals surface area contributed by atoms with E-state index in [1.807, 2.05) is 13.8 Å². The summed E-state index contributed by atoms with van der Waals surface area (Å²) < 4.78 is 22.9. The largest absolute Gasteiger partial charge is 0.224 e. The van der Waals surface area contributed by atoms with E-state index in [9.17, 15) is 8.42 Å². The zero-order valence-corrected chi connectivity index (χ0v) is 10.9. The lowest BCUT2D eigenvalue weighted by atomic mass is 10.0. The first kappa shape index (κ1) is 12.5. The average molecular weight is 247 g/mol. The van der Waals surface area contributed by atoms with Crippen LogP contribution in [0.25, 0.3) is 0 Å². The minimum atomic E-state index is -3.18. The first-order chi connectivity index (χ1) is 6.75. The average Bonchev–Trinajstić information content (AvgIpc) is 2.06. The summed E-state index contributed by atoms with van der Waals surface area (Å²) in [7, 11) is -3.18. The summed E-state index contributed by atoms with van der Waals surface area (Å²) in [6.07, 6.45) is 1.20. The number of sulfone groups is 1. The highest BCUT2D eigenvalue weighted by Crippen LogP contribution is 2.31. The predicted molar refractivity (Wildman–Crippen MR) is 63.4 cm³/mol. The standard InChI is InChI=1S/C11H15ClO2S/c1-7(2)9-5-6-10(15(4,13)14)8(3)11(9)12/h5-7H,1-4H3. The third-order valence-electron chi connectivity index (χ3n) is 2.39. The Balaban J connectivity index is 3.48. The fourth-order valence-corrected chi connectivity index (χ4v) is 2.95. The van der Waals surface area contributed by atoms with Crippen LogP contribution in [0.3, 0.4) is 0 Å². The minimum Gasteiger partial charge on any atom is -0.224 e. The Bertz CT molecular complexity index is 476. The Morgan fingerprint density at radius 2 is 1.80 bits per heavy atom. The summed E-state index contributed by atoms with van der Waals surface area (Å²) >= 11 is 6.13. The molecule has 0 amide bonds. The molecule has 84 valence electrons. The number of benzene rings is 1. The molecule has 0 spiro atoms. The number of hydrogen-bond acceptors (Lipinski definition) is 2. The van der Waals surface area contributed by atoms with Crippen molar-refractivity contribution in [2.75, 3.05) is 6.26 Å². The molecule has 0 N–H and O–H groups in total. The zero-order chi connectivity index (χ0) is 11.8. The lowest BCUT2D eigenvalue weighted by Crippen LogP contribution is -2.02. The Morgan fingerprint density at radius 1 is 1.27 bits per heavy atom. The van der Waals surface area contributed by atoms with Crippen molar-refractivity contribution < 1.29 is 8.42 Å². The van der Waals surface area contributed by atoms with E-state index in [1.165, 1.54) is 6.26 Å². The smallest absolute Gasteiger partial charge is 0.175 e. The van der Waals surface area contributed by atoms with E-state index < -0.39 is 9.84 Å². The molecule has 1 aromatic rings. The van der Waals surface area contributed by atoms with Gasteiger partial charge in [0, 0.05) is 11.3 Å². The summed E-state index contributed by atoms with van der Waals surface area (Å²) in [5, 5.41) is 0.563. The highest BCUT2D eigenvalue weighted by atomic mass is 35.5. The van der Waals surface area contributed by atoms with Gasteiger partial charge in [0.05, 0.1) is 4.90 Å². The molecule has 0 aromatic heterocycles. The van der Waals surface area contributed by atoms with Crippen molar-refractivity contribution in [2.45, 2.75) is 31.6 Å². The van der Waals surface area contributed by atoms with Crippen LogP contribution >= 0.6 is 11.6 Å². The third-order valence-corrected chi connectivity index (χ3v) is 4.13. The van der Waals surface area contributed by atoms with Crippen molar-refractivity contribution in [3.05, 3.63) is 28.3 Å². The molecule has 2 nitrogen and oxygen atoms in total. The molecular weight excluding hydrogens is 232 g/mol. The third kappa shape index (κ3) is 2.52. The predicted octanol–water partition coefficient (Wildman–Crippen LogP) is 3.18. The van der Waals surface area contributed by atoms with Gasteiger partial charge in [-0.05, 0) is 30.0 Å². The topological polar surface area (TPSA) is 34.1 Å². The summed E-state index contributed by atoms with van der Waals surface area (Å²) in [5.74, 6) is 0.296. The molecule has 15 heavy (non-hydrogen) atoms. The van der Waals surface area contributed by atoms with Crippen LogP contribution in [0.1, 0.15) is 30.9 Å². The van der Waals surface area contributed by atoms with E-state index in [0.717, 1.165) is 5.56 Å². The van der Waals surface area contributed by atoms with E-state index in [2.05, 4.69) is 0 Å². The van der Waals surface area contributed by atoms with Crippen LogP contribution in [-0.2, 0) is 9.84 Å². The van der Waals surface area contributed by atoms with Crippen molar-refractivity contribution in [2.24, 2.45) is 0 Å². The molecule has 0 aliphatic rings. The number of halogens is 1. The van der Waals surface area contributed by atoms with Crippen LogP contribution in [0.4, 0.5) is 0 Å². The van der Waals surface area contributed by atoms with Crippen molar-refractivity contribution in [3.63, 3.8) is 0 Å². The van der Waals surface area contributed by atoms with E-state index in [4.69, 9.17) is 11.6 Å². The second-order valence-corrected chi connectivity index (χ2v) is 6.38. The Kier molecular flexibility index (Phi) is 3.46. The van der Waals surface area contributed by atoms with E-state index in [0.29, 0.717) is 21.4 Å². The maximum Gasteiger partial charge on any atom is 0.175 e. The van der Waals surface area contributed by atoms with Crippen LogP contribution in [0.15, 0.2) is 17.0 Å². The highest BCUT2D eigenvalue weighted by Gasteiger charge is 2.16. The van der Waals surface area contributed by atoms with Crippen LogP contribution in [0.5, 0.6) is 0 Å². The van der Waals surface area contributed by atoms with Gasteiger partial charge in [0.1, 0.15) is 0 Å². The Morgan fingerprint density at radius 3 is 2.20 bits per heavy atom. The normalized spacial score (nSPS) is 12.1. The second-order valence-electron chi connectivity index (χ2n) is 4.02. The van der Waals surface area contributed by atoms with Gasteiger partial charge in [-0.2, -0.15) is 0 Å². The molecule has 0 saturated carbocycles. The highest BCUT2D eigenvalue weighted by molar-refractivity contribution is 7.90. The first-order valence-electron chi connectivity index (χ1n) is 4.74. The SMILES string of the molecule is Cc1c(S(C)(=O)=O)ccc(C(C)C)c1Cl. The van der Waals surface area contributed by atoms with Crippen molar-refractivity contribution in [1.82, 2.24) is 0 Å². The molecule has 0 aliphatic carbocycles. The van der Waals surface area contributed by atoms with Crippen LogP contribution in [0.2, 0.25) is 5.02 Å². The molecule has 1 aromatic carbocycles. The van der Waals surface area contributed by atoms with Crippen LogP contribution < -0.4 is 0 Å². The van der Waals surface area contributed by atoms with Gasteiger partial charge in [0.15, 0.2) is 9.84 Å². The molecule has 0 saturated heterocycles. The van der Waals surface area contributed by atoms with Gasteiger partial charge in [-0.15, -0.1) is 0 Å². The van der Waals surface area contributed by atoms with Crippen molar-refractivity contribution in [1.29, 1.82) is 0 Å². The number of hydrogen-bond donors (Lipinski definition) is 0. The van der Waals surface area contributed by atoms with Gasteiger partial charge in [0.2, 0.25) is 0 Å². The first-order valence-corrected chi connectivity index (χ1v) is 7.01. The van der Waals surface area contributed by atoms with Gasteiger partial charge in [-0.25, -0.2) is 8.42 Å². The summed E-state index contributed by atoms with van der Waals surface area (Å²) in [6, 6.07) is 3.42. The van der Waals surface area contributed by atoms with Gasteiger partial charge in [-0.3, -0.25) is 0 Å². The maximum absolute atomic E-state index is 11.4. The minimum absolute atomic E-state index is 0.296. The molecule has 0 heterocycles. The molecule has 0 aliphatic heterocycles. The Labute approximate surface area is 96.2 Å². The molecule has 0 unspecified atom stereocenters. The van der Waals surface area contributed by atoms with Crippen molar-refractivity contribution >= 4 is 21.4 Å². The molecular formula is C11H15ClO2S. The van der Waals surface area contributed by atoms with Crippen molar-refractivity contribution in [3.8, 4) is 0 Å². The molecule has 0 fully saturated rings. The second kappa shape index (κ2) is 4.14. The number of rotatable bonds is 2. The lowest BCUT2D eigenvalue weighted by Gasteiger charge is -2.13. The van der Waals surface area contributed by atoms with E-state index >= 15 is 0 Å². The van der Waals surface area contributed by atoms with E-state index in [-0.39, 0.29) is 0 Å². The Hall–Kier alpha value is -0.540. The van der Waals surface area contributed by atoms with E-state index in [1.54, 1.807) is 19.1 Å². The van der Waals surface area contributed by atoms with Crippen LogP contribution in [0, 0.1) is 6.92 Å². The van der Waals surface area contributed by atoms with Gasteiger partial charge in [0.25, 0.3) is 0 Å². The fourth-order valence-electron chi connectivity index (χ4n) is 1.54. The molecule has 0 radical (unpaired) electrons. The summed E-state index contributed by atoms with van der Waals surface area (Å²) in [4.78, 5) is 0.317. The maximum atomic E-state index is 11.4. The summed E-state index contributed by atoms with van der Waals surface area (Å²) in [5.41, 5.74) is 1.63. The van der Waals surface area contributed by atoms with Crippen LogP contribution in [-0.4, -0.2) is 14.7 Å². The molecule has 4 heteroatoms. The van der Waals surface area contributed by atoms with Gasteiger partial charge in [-0.1, -0.05) is 31.5 Å². The summed E-state index contributed by atoms with van der Waals surface area (Å²) in [6.45, 7) is 5.80. The lowest BCUT2D eigenvalue weighted by molar-refractivity contribution is 0.601. The molecule has 1 rings (SSSR count). The van der Waals surface area contributed by atoms with Gasteiger partial charge < -0.3 is 0 Å². The zero-order valence-electron chi connectivity index (χ0n) is 9.33. The quantitative estimate of drug-likeness (QED) is 0.803. The van der Waals surface area contributed by atoms with Gasteiger partial charge >= 0.3 is 0 Å². The molecule has 0 bridgehead atoms. The molecule has 0 atom stereocenters.